The zero-order valence-corrected chi connectivity index (χ0v) is 17.7. The number of amides is 1. The highest BCUT2D eigenvalue weighted by atomic mass is 16.8. The lowest BCUT2D eigenvalue weighted by atomic mass is 10.1. The average molecular weight is 450 g/mol. The van der Waals surface area contributed by atoms with Crippen LogP contribution in [-0.2, 0) is 18.9 Å². The number of nitrogens with two attached hydrogens (primary N) is 1. The molecule has 2 fully saturated rings. The van der Waals surface area contributed by atoms with Gasteiger partial charge in [-0.15, -0.1) is 5.10 Å². The first-order valence-corrected chi connectivity index (χ1v) is 10.5. The first kappa shape index (κ1) is 21.3. The van der Waals surface area contributed by atoms with Gasteiger partial charge in [-0.25, -0.2) is 14.5 Å². The molecular weight excluding hydrogens is 428 g/mol. The Hall–Kier alpha value is -3.60. The number of fused-ring (bicyclic) bond motifs is 1. The summed E-state index contributed by atoms with van der Waals surface area (Å²) in [7, 11) is 0. The number of ether oxygens (including phenoxy) is 4. The van der Waals surface area contributed by atoms with Crippen molar-refractivity contribution in [3.8, 4) is 0 Å². The topological polar surface area (TPSA) is 128 Å². The predicted octanol–water partition coefficient (Wildman–Crippen LogP) is 1.92. The second-order valence-electron chi connectivity index (χ2n) is 7.83. The average Bonchev–Trinajstić information content (AvgIpc) is 3.54. The normalized spacial score (nSPS) is 26.2. The predicted molar refractivity (Wildman–Crippen MR) is 113 cm³/mol. The van der Waals surface area contributed by atoms with Crippen LogP contribution < -0.4 is 5.73 Å². The maximum atomic E-state index is 12.6. The van der Waals surface area contributed by atoms with Crippen LogP contribution in [0.2, 0.25) is 0 Å². The van der Waals surface area contributed by atoms with Crippen LogP contribution in [0.5, 0.6) is 0 Å². The number of primary amides is 1. The molecule has 5 atom stereocenters. The summed E-state index contributed by atoms with van der Waals surface area (Å²) in [5.74, 6) is -1.34. The fourth-order valence-electron chi connectivity index (χ4n) is 4.00. The quantitative estimate of drug-likeness (QED) is 0.564. The molecule has 0 radical (unpaired) electrons. The van der Waals surface area contributed by atoms with Crippen LogP contribution in [0.4, 0.5) is 0 Å². The van der Waals surface area contributed by atoms with E-state index in [2.05, 4.69) is 10.1 Å². The summed E-state index contributed by atoms with van der Waals surface area (Å²) in [4.78, 5) is 27.9. The molecule has 1 aromatic heterocycles. The third kappa shape index (κ3) is 4.11. The Morgan fingerprint density at radius 1 is 1.03 bits per heavy atom. The fraction of sp³-hybridized carbons (Fsp3) is 0.304. The highest BCUT2D eigenvalue weighted by molar-refractivity contribution is 5.91. The molecule has 0 spiro atoms. The molecule has 170 valence electrons. The van der Waals surface area contributed by atoms with Gasteiger partial charge in [0.15, 0.2) is 12.5 Å². The highest BCUT2D eigenvalue weighted by Crippen LogP contribution is 2.44. The lowest BCUT2D eigenvalue weighted by molar-refractivity contribution is -0.156. The molecule has 10 nitrogen and oxygen atoms in total. The summed E-state index contributed by atoms with van der Waals surface area (Å²) in [6.45, 7) is 1.79. The molecule has 2 aliphatic rings. The Bertz CT molecular complexity index is 1170. The Balaban J connectivity index is 1.36. The van der Waals surface area contributed by atoms with E-state index in [1.54, 1.807) is 12.1 Å². The Kier molecular flexibility index (Phi) is 5.63. The first-order valence-electron chi connectivity index (χ1n) is 10.5. The third-order valence-electron chi connectivity index (χ3n) is 5.65. The monoisotopic (exact) mass is 450 g/mol. The van der Waals surface area contributed by atoms with E-state index in [1.807, 2.05) is 49.4 Å². The van der Waals surface area contributed by atoms with Crippen molar-refractivity contribution in [1.29, 1.82) is 0 Å². The molecule has 5 rings (SSSR count). The molecule has 1 amide bonds. The molecule has 3 aromatic rings. The fourth-order valence-corrected chi connectivity index (χ4v) is 4.00. The van der Waals surface area contributed by atoms with Crippen LogP contribution in [-0.4, -0.2) is 51.6 Å². The molecule has 0 saturated carbocycles. The highest BCUT2D eigenvalue weighted by Gasteiger charge is 2.54. The molecular formula is C23H22N4O6. The summed E-state index contributed by atoms with van der Waals surface area (Å²) >= 11 is 0. The van der Waals surface area contributed by atoms with E-state index < -0.39 is 42.7 Å². The Labute approximate surface area is 189 Å². The number of aromatic nitrogens is 3. The molecule has 10 heteroatoms. The van der Waals surface area contributed by atoms with Crippen LogP contribution in [0, 0.1) is 6.92 Å². The number of rotatable bonds is 6. The van der Waals surface area contributed by atoms with E-state index in [0.717, 1.165) is 11.1 Å². The van der Waals surface area contributed by atoms with Gasteiger partial charge in [-0.05, 0) is 18.6 Å². The molecule has 33 heavy (non-hydrogen) atoms. The van der Waals surface area contributed by atoms with Crippen molar-refractivity contribution < 1.29 is 28.5 Å². The van der Waals surface area contributed by atoms with E-state index in [9.17, 15) is 9.59 Å². The Morgan fingerprint density at radius 2 is 1.76 bits per heavy atom. The van der Waals surface area contributed by atoms with Gasteiger partial charge in [-0.1, -0.05) is 48.5 Å². The summed E-state index contributed by atoms with van der Waals surface area (Å²) in [6, 6.07) is 16.7. The van der Waals surface area contributed by atoms with Gasteiger partial charge in [0.2, 0.25) is 5.82 Å². The van der Waals surface area contributed by atoms with Crippen molar-refractivity contribution in [3.05, 3.63) is 83.4 Å². The molecule has 2 aromatic carbocycles. The van der Waals surface area contributed by atoms with E-state index in [-0.39, 0.29) is 12.4 Å². The van der Waals surface area contributed by atoms with Crippen LogP contribution in [0.15, 0.2) is 60.9 Å². The number of esters is 1. The standard InChI is InChI=1S/C23H22N4O6/c1-13-7-5-6-10-15(13)22(29)30-11-16-17-18(33-23(32-17)14-8-3-2-4-9-14)21(31-16)27-12-25-20(26-27)19(24)28/h2-10,12,16-18,21,23H,11H2,1H3,(H2,24,28)/t16?,17?,18-,21?,23?/m1/s1. The van der Waals surface area contributed by atoms with E-state index in [0.29, 0.717) is 5.56 Å². The minimum absolute atomic E-state index is 0.0485. The second-order valence-corrected chi connectivity index (χ2v) is 7.83. The van der Waals surface area contributed by atoms with Crippen LogP contribution in [0.25, 0.3) is 0 Å². The van der Waals surface area contributed by atoms with Crippen molar-refractivity contribution in [3.63, 3.8) is 0 Å². The molecule has 4 unspecified atom stereocenters. The van der Waals surface area contributed by atoms with Gasteiger partial charge in [0.05, 0.1) is 5.56 Å². The van der Waals surface area contributed by atoms with Crippen molar-refractivity contribution >= 4 is 11.9 Å². The van der Waals surface area contributed by atoms with E-state index in [4.69, 9.17) is 24.7 Å². The van der Waals surface area contributed by atoms with Gasteiger partial charge in [-0.2, -0.15) is 0 Å². The summed E-state index contributed by atoms with van der Waals surface area (Å²) < 4.78 is 25.3. The van der Waals surface area contributed by atoms with Crippen LogP contribution >= 0.6 is 0 Å². The van der Waals surface area contributed by atoms with Gasteiger partial charge in [0, 0.05) is 5.56 Å². The summed E-state index contributed by atoms with van der Waals surface area (Å²) in [5.41, 5.74) is 7.42. The van der Waals surface area contributed by atoms with Crippen molar-refractivity contribution in [2.75, 3.05) is 6.61 Å². The maximum absolute atomic E-state index is 12.6. The maximum Gasteiger partial charge on any atom is 0.338 e. The number of benzene rings is 2. The smallest absolute Gasteiger partial charge is 0.338 e. The number of carbonyl (C=O) groups excluding carboxylic acids is 2. The number of carbonyl (C=O) groups is 2. The van der Waals surface area contributed by atoms with Gasteiger partial charge in [0.25, 0.3) is 5.91 Å². The molecule has 0 bridgehead atoms. The number of hydrogen-bond acceptors (Lipinski definition) is 8. The molecule has 0 aliphatic carbocycles. The van der Waals surface area contributed by atoms with Gasteiger partial charge in [-0.3, -0.25) is 4.79 Å². The van der Waals surface area contributed by atoms with Gasteiger partial charge in [0.1, 0.15) is 31.2 Å². The molecule has 2 N–H and O–H groups in total. The van der Waals surface area contributed by atoms with Gasteiger partial charge < -0.3 is 24.7 Å². The zero-order chi connectivity index (χ0) is 22.9. The SMILES string of the molecule is Cc1ccccc1C(=O)OCC1OC(n2cnc(C(N)=O)n2)[C@@H]2OC(c3ccccc3)OC12. The number of hydrogen-bond donors (Lipinski definition) is 1. The third-order valence-corrected chi connectivity index (χ3v) is 5.65. The van der Waals surface area contributed by atoms with E-state index >= 15 is 0 Å². The van der Waals surface area contributed by atoms with Crippen molar-refractivity contribution in [2.24, 2.45) is 5.73 Å². The van der Waals surface area contributed by atoms with Crippen LogP contribution in [0.1, 0.15) is 44.6 Å². The number of nitrogens with zero attached hydrogens (tertiary/aromatic N) is 3. The first-order chi connectivity index (χ1) is 16.0. The van der Waals surface area contributed by atoms with Gasteiger partial charge >= 0.3 is 5.97 Å². The van der Waals surface area contributed by atoms with Crippen molar-refractivity contribution in [2.45, 2.75) is 37.8 Å². The summed E-state index contributed by atoms with van der Waals surface area (Å²) in [6.07, 6.45) is -1.75. The molecule has 2 aliphatic heterocycles. The molecule has 2 saturated heterocycles. The number of aryl methyl sites for hydroxylation is 1. The lowest BCUT2D eigenvalue weighted by Gasteiger charge is -2.20. The zero-order valence-electron chi connectivity index (χ0n) is 17.7. The minimum Gasteiger partial charge on any atom is -0.459 e. The van der Waals surface area contributed by atoms with Crippen molar-refractivity contribution in [1.82, 2.24) is 14.8 Å². The molecule has 3 heterocycles. The summed E-state index contributed by atoms with van der Waals surface area (Å²) in [5, 5.41) is 4.10. The Morgan fingerprint density at radius 3 is 2.48 bits per heavy atom. The van der Waals surface area contributed by atoms with E-state index in [1.165, 1.54) is 11.0 Å². The minimum atomic E-state index is -0.752. The second kappa shape index (κ2) is 8.74. The largest absolute Gasteiger partial charge is 0.459 e. The lowest BCUT2D eigenvalue weighted by Crippen LogP contribution is -2.32. The van der Waals surface area contributed by atoms with Crippen LogP contribution in [0.3, 0.4) is 0 Å².